The minimum Gasteiger partial charge on any atom is -0.311 e. The van der Waals surface area contributed by atoms with Crippen LogP contribution in [0.3, 0.4) is 0 Å². The van der Waals surface area contributed by atoms with Gasteiger partial charge in [-0.05, 0) is 193 Å². The van der Waals surface area contributed by atoms with Crippen molar-refractivity contribution in [1.29, 1.82) is 0 Å². The van der Waals surface area contributed by atoms with Gasteiger partial charge in [0.15, 0.2) is 0 Å². The van der Waals surface area contributed by atoms with E-state index in [4.69, 9.17) is 0 Å². The van der Waals surface area contributed by atoms with Crippen LogP contribution in [-0.2, 0) is 27.1 Å². The summed E-state index contributed by atoms with van der Waals surface area (Å²) in [6.07, 6.45) is 3.37. The first-order chi connectivity index (χ1) is 37.2. The Morgan fingerprint density at radius 3 is 1.36 bits per heavy atom. The second-order valence-electron chi connectivity index (χ2n) is 26.8. The molecule has 4 aliphatic rings. The molecule has 0 fully saturated rings. The molecule has 388 valence electrons. The fraction of sp³-hybridized carbons (Fsp3) is 0.270. The van der Waals surface area contributed by atoms with E-state index < -0.39 is 0 Å². The number of hydrogen-bond acceptors (Lipinski definition) is 3. The van der Waals surface area contributed by atoms with E-state index in [-0.39, 0.29) is 33.8 Å². The smallest absolute Gasteiger partial charge is 0.252 e. The van der Waals surface area contributed by atoms with Crippen molar-refractivity contribution in [2.75, 3.05) is 14.7 Å². The lowest BCUT2D eigenvalue weighted by atomic mass is 9.33. The van der Waals surface area contributed by atoms with Crippen LogP contribution in [0.25, 0.3) is 22.3 Å². The molecule has 9 aromatic rings. The summed E-state index contributed by atoms with van der Waals surface area (Å²) < 4.78 is 0. The lowest BCUT2D eigenvalue weighted by Gasteiger charge is -2.48. The van der Waals surface area contributed by atoms with Gasteiger partial charge in [-0.25, -0.2) is 0 Å². The first-order valence-electron chi connectivity index (χ1n) is 28.6. The van der Waals surface area contributed by atoms with Gasteiger partial charge in [0.25, 0.3) is 6.71 Å². The minimum absolute atomic E-state index is 0.00363. The van der Waals surface area contributed by atoms with Crippen LogP contribution in [0.5, 0.6) is 0 Å². The molecule has 0 unspecified atom stereocenters. The Hall–Kier alpha value is -7.56. The summed E-state index contributed by atoms with van der Waals surface area (Å²) in [5.41, 5.74) is 28.0. The van der Waals surface area contributed by atoms with Crippen molar-refractivity contribution >= 4 is 74.3 Å². The Balaban J connectivity index is 1.21. The summed E-state index contributed by atoms with van der Waals surface area (Å²) >= 11 is 0. The van der Waals surface area contributed by atoms with Crippen molar-refractivity contribution in [3.63, 3.8) is 0 Å². The Bertz CT molecular complexity index is 3790. The van der Waals surface area contributed by atoms with Crippen molar-refractivity contribution in [1.82, 2.24) is 0 Å². The molecule has 0 saturated heterocycles. The summed E-state index contributed by atoms with van der Waals surface area (Å²) in [5, 5.41) is 0. The predicted molar refractivity (Wildman–Crippen MR) is 335 cm³/mol. The van der Waals surface area contributed by atoms with Crippen LogP contribution >= 0.6 is 0 Å². The highest BCUT2D eigenvalue weighted by atomic mass is 15.2. The Kier molecular flexibility index (Phi) is 11.4. The zero-order chi connectivity index (χ0) is 54.3. The van der Waals surface area contributed by atoms with E-state index in [1.165, 1.54) is 106 Å². The van der Waals surface area contributed by atoms with Crippen LogP contribution < -0.4 is 31.1 Å². The van der Waals surface area contributed by atoms with E-state index in [0.29, 0.717) is 0 Å². The normalized spacial score (nSPS) is 16.9. The first kappa shape index (κ1) is 50.0. The zero-order valence-corrected chi connectivity index (χ0v) is 48.0. The first-order valence-corrected chi connectivity index (χ1v) is 28.6. The van der Waals surface area contributed by atoms with Gasteiger partial charge in [-0.2, -0.15) is 0 Å². The third-order valence-electron chi connectivity index (χ3n) is 18.5. The third-order valence-corrected chi connectivity index (χ3v) is 18.5. The summed E-state index contributed by atoms with van der Waals surface area (Å²) in [6.45, 7) is 29.2. The van der Waals surface area contributed by atoms with Crippen molar-refractivity contribution in [3.8, 4) is 22.3 Å². The van der Waals surface area contributed by atoms with E-state index in [9.17, 15) is 0 Å². The van der Waals surface area contributed by atoms with Crippen LogP contribution in [0.2, 0.25) is 0 Å². The molecule has 0 N–H and O–H groups in total. The summed E-state index contributed by atoms with van der Waals surface area (Å²) in [7, 11) is 0. The van der Waals surface area contributed by atoms with Gasteiger partial charge in [-0.1, -0.05) is 197 Å². The van der Waals surface area contributed by atoms with Gasteiger partial charge < -0.3 is 14.7 Å². The van der Waals surface area contributed by atoms with Crippen LogP contribution in [0.15, 0.2) is 194 Å². The molecular formula is C74H74BN3. The predicted octanol–water partition coefficient (Wildman–Crippen LogP) is 18.5. The molecule has 0 bridgehead atoms. The van der Waals surface area contributed by atoms with Crippen molar-refractivity contribution < 1.29 is 0 Å². The molecule has 9 aromatic carbocycles. The van der Waals surface area contributed by atoms with Gasteiger partial charge in [0.05, 0.1) is 11.4 Å². The van der Waals surface area contributed by atoms with Gasteiger partial charge in [0.1, 0.15) is 0 Å². The molecule has 0 spiro atoms. The highest BCUT2D eigenvalue weighted by Crippen LogP contribution is 2.56. The topological polar surface area (TPSA) is 9.72 Å². The van der Waals surface area contributed by atoms with Crippen molar-refractivity contribution in [2.24, 2.45) is 0 Å². The lowest BCUT2D eigenvalue weighted by molar-refractivity contribution is 0.332. The van der Waals surface area contributed by atoms with Crippen molar-refractivity contribution in [3.05, 3.63) is 228 Å². The lowest BCUT2D eigenvalue weighted by Crippen LogP contribution is -2.62. The van der Waals surface area contributed by atoms with Crippen LogP contribution in [-0.4, -0.2) is 6.71 Å². The molecule has 78 heavy (non-hydrogen) atoms. The van der Waals surface area contributed by atoms with Crippen LogP contribution in [0.1, 0.15) is 129 Å². The maximum atomic E-state index is 2.71. The van der Waals surface area contributed by atoms with Gasteiger partial charge in [0.2, 0.25) is 0 Å². The van der Waals surface area contributed by atoms with E-state index in [2.05, 4.69) is 292 Å². The summed E-state index contributed by atoms with van der Waals surface area (Å²) in [5.74, 6) is 0. The van der Waals surface area contributed by atoms with Gasteiger partial charge in [-0.3, -0.25) is 0 Å². The maximum Gasteiger partial charge on any atom is 0.252 e. The second kappa shape index (κ2) is 17.7. The zero-order valence-electron chi connectivity index (χ0n) is 48.0. The number of para-hydroxylation sites is 2. The molecule has 2 heterocycles. The van der Waals surface area contributed by atoms with E-state index in [0.717, 1.165) is 36.3 Å². The van der Waals surface area contributed by atoms with Crippen LogP contribution in [0.4, 0.5) is 51.2 Å². The van der Waals surface area contributed by atoms with Crippen molar-refractivity contribution in [2.45, 2.75) is 129 Å². The molecule has 0 atom stereocenters. The number of hydrogen-bond donors (Lipinski definition) is 0. The molecular weight excluding hydrogens is 942 g/mol. The average molecular weight is 1020 g/mol. The molecule has 0 aromatic heterocycles. The molecule has 2 aliphatic carbocycles. The summed E-state index contributed by atoms with van der Waals surface area (Å²) in [6, 6.07) is 74.3. The minimum atomic E-state index is -0.0616. The number of benzene rings is 9. The fourth-order valence-electron chi connectivity index (χ4n) is 14.5. The number of nitrogens with zero attached hydrogens (tertiary/aromatic N) is 3. The molecule has 13 rings (SSSR count). The molecule has 4 heteroatoms. The number of anilines is 9. The quantitative estimate of drug-likeness (QED) is 0.147. The number of aryl methyl sites for hydroxylation is 1. The Morgan fingerprint density at radius 2 is 0.846 bits per heavy atom. The largest absolute Gasteiger partial charge is 0.311 e. The summed E-state index contributed by atoms with van der Waals surface area (Å²) in [4.78, 5) is 7.87. The van der Waals surface area contributed by atoms with Gasteiger partial charge in [-0.15, -0.1) is 0 Å². The van der Waals surface area contributed by atoms with Crippen LogP contribution in [0, 0.1) is 6.92 Å². The highest BCUT2D eigenvalue weighted by Gasteiger charge is 2.50. The number of fused-ring (bicyclic) bond motifs is 6. The Labute approximate surface area is 465 Å². The Morgan fingerprint density at radius 1 is 0.397 bits per heavy atom. The molecule has 0 radical (unpaired) electrons. The monoisotopic (exact) mass is 1020 g/mol. The van der Waals surface area contributed by atoms with Gasteiger partial charge >= 0.3 is 0 Å². The molecule has 0 saturated carbocycles. The molecule has 3 nitrogen and oxygen atoms in total. The maximum absolute atomic E-state index is 2.71. The fourth-order valence-corrected chi connectivity index (χ4v) is 14.5. The SMILES string of the molecule is Cc1cc(-c2ccccc2)ccc1N1c2cc3c(cc2B2c4cc5c(cc4N(c4ccc(C(C)(C)C)cc4-c4ccccc4)c4cc(N(c6ccccc6)c6ccccc6)cc1c42)C(C)(C)CC5(C)C)C(C)(C)CCC3(C)C. The second-order valence-corrected chi connectivity index (χ2v) is 26.8. The average Bonchev–Trinajstić information content (AvgIpc) is 3.35. The number of rotatable bonds is 7. The molecule has 2 aliphatic heterocycles. The van der Waals surface area contributed by atoms with Gasteiger partial charge in [0, 0.05) is 45.4 Å². The van der Waals surface area contributed by atoms with E-state index in [1.807, 2.05) is 0 Å². The van der Waals surface area contributed by atoms with E-state index in [1.54, 1.807) is 0 Å². The standard InChI is InChI=1S/C74H74BN3/c1-48-39-51(49-25-17-13-18-26-49)33-35-63(48)77-65-45-59-57(71(5,6)37-38-72(59,7)8)43-61(65)75-62-44-58-60(74(11,12)47-73(58,9)10)46-66(62)78(64-36-34-52(70(2,3)4)40-56(64)50-27-19-14-20-28-50)68-42-55(41-67(77)69(68)75)76(53-29-21-15-22-30-53)54-31-23-16-24-32-54/h13-36,39-46H,37-38,47H2,1-12H3. The third kappa shape index (κ3) is 7.99. The highest BCUT2D eigenvalue weighted by molar-refractivity contribution is 7.00. The van der Waals surface area contributed by atoms with E-state index >= 15 is 0 Å². The molecule has 0 amide bonds.